The first kappa shape index (κ1) is 22.9. The van der Waals surface area contributed by atoms with E-state index in [2.05, 4.69) is 36.1 Å². The van der Waals surface area contributed by atoms with Crippen molar-refractivity contribution in [3.8, 4) is 17.1 Å². The molecule has 1 aliphatic carbocycles. The van der Waals surface area contributed by atoms with Crippen molar-refractivity contribution >= 4 is 35.8 Å². The maximum atomic E-state index is 11.6. The van der Waals surface area contributed by atoms with E-state index < -0.39 is 0 Å². The molecule has 1 amide bonds. The Morgan fingerprint density at radius 1 is 1.21 bits per heavy atom. The predicted octanol–water partition coefficient (Wildman–Crippen LogP) is 1.68. The molecule has 1 fully saturated rings. The van der Waals surface area contributed by atoms with E-state index >= 15 is 0 Å². The van der Waals surface area contributed by atoms with Crippen LogP contribution >= 0.6 is 24.0 Å². The van der Waals surface area contributed by atoms with Crippen molar-refractivity contribution in [2.45, 2.75) is 26.3 Å². The van der Waals surface area contributed by atoms with Crippen molar-refractivity contribution in [3.63, 3.8) is 0 Å². The first-order chi connectivity index (χ1) is 13.7. The van der Waals surface area contributed by atoms with Crippen molar-refractivity contribution in [2.24, 2.45) is 10.9 Å². The highest BCUT2D eigenvalue weighted by atomic mass is 127. The van der Waals surface area contributed by atoms with Crippen molar-refractivity contribution in [3.05, 3.63) is 30.1 Å². The third-order valence-corrected chi connectivity index (χ3v) is 4.28. The highest BCUT2D eigenvalue weighted by molar-refractivity contribution is 14.0. The number of aromatic nitrogens is 3. The molecule has 0 saturated heterocycles. The molecule has 0 aliphatic heterocycles. The molecule has 1 aromatic carbocycles. The van der Waals surface area contributed by atoms with E-state index in [1.807, 2.05) is 31.2 Å². The number of methoxy groups -OCH3 is 1. The lowest BCUT2D eigenvalue weighted by molar-refractivity contribution is -0.122. The van der Waals surface area contributed by atoms with Gasteiger partial charge in [0.05, 0.1) is 7.11 Å². The predicted molar refractivity (Wildman–Crippen MR) is 122 cm³/mol. The van der Waals surface area contributed by atoms with Gasteiger partial charge in [0.1, 0.15) is 18.1 Å². The third kappa shape index (κ3) is 7.18. The number of aromatic amines is 1. The van der Waals surface area contributed by atoms with Gasteiger partial charge in [-0.15, -0.1) is 24.0 Å². The van der Waals surface area contributed by atoms with Crippen LogP contribution in [0.3, 0.4) is 0 Å². The number of aliphatic imine (C=N–C) groups is 1. The number of nitrogens with zero attached hydrogens (tertiary/aromatic N) is 3. The molecule has 2 aromatic rings. The Kier molecular flexibility index (Phi) is 9.16. The number of benzene rings is 1. The number of hydrogen-bond acceptors (Lipinski definition) is 5. The first-order valence-electron chi connectivity index (χ1n) is 9.55. The summed E-state index contributed by atoms with van der Waals surface area (Å²) in [4.78, 5) is 20.6. The van der Waals surface area contributed by atoms with Crippen molar-refractivity contribution < 1.29 is 9.53 Å². The zero-order valence-corrected chi connectivity index (χ0v) is 19.0. The molecule has 0 bridgehead atoms. The summed E-state index contributed by atoms with van der Waals surface area (Å²) < 4.78 is 5.16. The maximum absolute atomic E-state index is 11.6. The van der Waals surface area contributed by atoms with E-state index in [0.717, 1.165) is 30.7 Å². The Morgan fingerprint density at radius 3 is 2.59 bits per heavy atom. The Bertz CT molecular complexity index is 803. The summed E-state index contributed by atoms with van der Waals surface area (Å²) in [5.41, 5.74) is 0.906. The summed E-state index contributed by atoms with van der Waals surface area (Å²) in [6, 6.07) is 7.57. The molecule has 0 unspecified atom stereocenters. The second-order valence-corrected chi connectivity index (χ2v) is 6.52. The van der Waals surface area contributed by atoms with Gasteiger partial charge in [-0.25, -0.2) is 9.98 Å². The molecule has 0 radical (unpaired) electrons. The van der Waals surface area contributed by atoms with Crippen LogP contribution in [0.1, 0.15) is 25.6 Å². The Labute approximate surface area is 187 Å². The van der Waals surface area contributed by atoms with Crippen LogP contribution in [0.25, 0.3) is 11.4 Å². The van der Waals surface area contributed by atoms with Gasteiger partial charge in [-0.1, -0.05) is 0 Å². The maximum Gasteiger partial charge on any atom is 0.223 e. The highest BCUT2D eigenvalue weighted by Crippen LogP contribution is 2.28. The number of nitrogens with one attached hydrogen (secondary N) is 4. The second-order valence-electron chi connectivity index (χ2n) is 6.52. The average molecular weight is 513 g/mol. The lowest BCUT2D eigenvalue weighted by Crippen LogP contribution is -2.41. The van der Waals surface area contributed by atoms with Crippen LogP contribution in [0.5, 0.6) is 5.75 Å². The van der Waals surface area contributed by atoms with Gasteiger partial charge in [-0.05, 0) is 44.0 Å². The summed E-state index contributed by atoms with van der Waals surface area (Å²) in [5.74, 6) is 3.13. The fourth-order valence-corrected chi connectivity index (χ4v) is 2.59. The van der Waals surface area contributed by atoms with Crippen LogP contribution in [0.2, 0.25) is 0 Å². The lowest BCUT2D eigenvalue weighted by atomic mass is 10.2. The van der Waals surface area contributed by atoms with Crippen LogP contribution in [-0.2, 0) is 11.3 Å². The van der Waals surface area contributed by atoms with E-state index in [9.17, 15) is 4.79 Å². The molecule has 3 rings (SSSR count). The van der Waals surface area contributed by atoms with E-state index in [1.54, 1.807) is 7.11 Å². The normalized spacial score (nSPS) is 13.4. The minimum atomic E-state index is 0. The van der Waals surface area contributed by atoms with Gasteiger partial charge in [0.2, 0.25) is 5.91 Å². The Hall–Kier alpha value is -2.37. The summed E-state index contributed by atoms with van der Waals surface area (Å²) in [6.45, 7) is 4.30. The van der Waals surface area contributed by atoms with E-state index in [4.69, 9.17) is 4.74 Å². The fourth-order valence-electron chi connectivity index (χ4n) is 2.59. The quantitative estimate of drug-likeness (QED) is 0.176. The standard InChI is InChI=1S/C19H27N7O2.HI/c1-3-20-19(22-11-10-21-18(27)14-4-5-14)23-12-16-24-17(26-25-16)13-6-8-15(28-2)9-7-13;/h6-9,14H,3-5,10-12H2,1-2H3,(H,21,27)(H2,20,22,23)(H,24,25,26);1H. The number of guanidine groups is 1. The number of rotatable bonds is 9. The molecule has 1 aliphatic rings. The summed E-state index contributed by atoms with van der Waals surface area (Å²) >= 11 is 0. The van der Waals surface area contributed by atoms with Crippen molar-refractivity contribution in [1.82, 2.24) is 31.1 Å². The molecule has 29 heavy (non-hydrogen) atoms. The molecule has 1 aromatic heterocycles. The van der Waals surface area contributed by atoms with Gasteiger partial charge >= 0.3 is 0 Å². The van der Waals surface area contributed by atoms with E-state index in [-0.39, 0.29) is 35.8 Å². The van der Waals surface area contributed by atoms with Crippen molar-refractivity contribution in [1.29, 1.82) is 0 Å². The minimum absolute atomic E-state index is 0. The molecule has 1 saturated carbocycles. The van der Waals surface area contributed by atoms with Crippen LogP contribution in [0.15, 0.2) is 29.3 Å². The highest BCUT2D eigenvalue weighted by Gasteiger charge is 2.28. The summed E-state index contributed by atoms with van der Waals surface area (Å²) in [5, 5.41) is 16.5. The van der Waals surface area contributed by atoms with Gasteiger partial charge in [0, 0.05) is 31.1 Å². The molecule has 0 atom stereocenters. The number of ether oxygens (including phenoxy) is 1. The van der Waals surface area contributed by atoms with E-state index in [1.165, 1.54) is 0 Å². The first-order valence-corrected chi connectivity index (χ1v) is 9.55. The zero-order chi connectivity index (χ0) is 19.8. The second kappa shape index (κ2) is 11.6. The summed E-state index contributed by atoms with van der Waals surface area (Å²) in [6.07, 6.45) is 2.03. The summed E-state index contributed by atoms with van der Waals surface area (Å²) in [7, 11) is 1.63. The van der Waals surface area contributed by atoms with Crippen molar-refractivity contribution in [2.75, 3.05) is 26.7 Å². The number of carbonyl (C=O) groups excluding carboxylic acids is 1. The molecule has 4 N–H and O–H groups in total. The number of carbonyl (C=O) groups is 1. The van der Waals surface area contributed by atoms with Crippen LogP contribution in [0.4, 0.5) is 0 Å². The minimum Gasteiger partial charge on any atom is -0.497 e. The van der Waals surface area contributed by atoms with Gasteiger partial charge in [-0.3, -0.25) is 9.89 Å². The zero-order valence-electron chi connectivity index (χ0n) is 16.7. The molecule has 158 valence electrons. The lowest BCUT2D eigenvalue weighted by Gasteiger charge is -2.11. The van der Waals surface area contributed by atoms with Gasteiger partial charge < -0.3 is 20.7 Å². The van der Waals surface area contributed by atoms with Gasteiger partial charge in [0.15, 0.2) is 11.8 Å². The van der Waals surface area contributed by atoms with Crippen LogP contribution in [0, 0.1) is 5.92 Å². The molecular formula is C19H28IN7O2. The number of amides is 1. The number of H-pyrrole nitrogens is 1. The SMILES string of the molecule is CCNC(=NCc1nc(-c2ccc(OC)cc2)n[nH]1)NCCNC(=O)C1CC1.I. The molecule has 1 heterocycles. The molecule has 9 nitrogen and oxygen atoms in total. The fraction of sp³-hybridized carbons (Fsp3) is 0.474. The molecular weight excluding hydrogens is 485 g/mol. The molecule has 0 spiro atoms. The largest absolute Gasteiger partial charge is 0.497 e. The Morgan fingerprint density at radius 2 is 1.93 bits per heavy atom. The smallest absolute Gasteiger partial charge is 0.223 e. The van der Waals surface area contributed by atoms with Crippen LogP contribution < -0.4 is 20.7 Å². The number of halogens is 1. The average Bonchev–Trinajstić information content (AvgIpc) is 3.47. The third-order valence-electron chi connectivity index (χ3n) is 4.28. The molecule has 10 heteroatoms. The monoisotopic (exact) mass is 513 g/mol. The number of hydrogen-bond donors (Lipinski definition) is 4. The van der Waals surface area contributed by atoms with E-state index in [0.29, 0.717) is 37.2 Å². The van der Waals surface area contributed by atoms with Crippen LogP contribution in [-0.4, -0.2) is 53.8 Å². The Balaban J connectivity index is 0.00000300. The van der Waals surface area contributed by atoms with Gasteiger partial charge in [-0.2, -0.15) is 5.10 Å². The van der Waals surface area contributed by atoms with Gasteiger partial charge in [0.25, 0.3) is 0 Å². The topological polar surface area (TPSA) is 116 Å².